The average molecular weight is 208 g/mol. The lowest BCUT2D eigenvalue weighted by molar-refractivity contribution is -0.127. The predicted octanol–water partition coefficient (Wildman–Crippen LogP) is 2.46. The molecule has 0 saturated carbocycles. The van der Waals surface area contributed by atoms with E-state index in [0.717, 1.165) is 19.4 Å². The average Bonchev–Trinajstić information content (AvgIpc) is 2.68. The summed E-state index contributed by atoms with van der Waals surface area (Å²) in [6.07, 6.45) is 3.71. The highest BCUT2D eigenvalue weighted by Gasteiger charge is 2.28. The Morgan fingerprint density at radius 2 is 2.00 bits per heavy atom. The van der Waals surface area contributed by atoms with Crippen LogP contribution in [0, 0.1) is 5.92 Å². The lowest BCUT2D eigenvalue weighted by Gasteiger charge is -2.26. The molecule has 3 heteroatoms. The molecular weight excluding hydrogens is 185 g/mol. The van der Waals surface area contributed by atoms with Crippen LogP contribution in [-0.4, -0.2) is 31.8 Å². The standard InChI is InChI=1S/C10H17NO.C2H6.B/c1-4-10(12)11-7-5-6-9(11)8(2)3;1-2;/h4,8-9H,1,5-7H2,2-3H3;1-2H3;. The summed E-state index contributed by atoms with van der Waals surface area (Å²) in [5, 5.41) is 0. The highest BCUT2D eigenvalue weighted by Crippen LogP contribution is 2.23. The van der Waals surface area contributed by atoms with Crippen LogP contribution in [0.15, 0.2) is 12.7 Å². The quantitative estimate of drug-likeness (QED) is 0.504. The minimum absolute atomic E-state index is 0. The molecule has 0 aromatic carbocycles. The van der Waals surface area contributed by atoms with Crippen LogP contribution < -0.4 is 0 Å². The van der Waals surface area contributed by atoms with E-state index in [2.05, 4.69) is 20.4 Å². The second-order valence-electron chi connectivity index (χ2n) is 3.69. The van der Waals surface area contributed by atoms with Gasteiger partial charge in [0.05, 0.1) is 0 Å². The van der Waals surface area contributed by atoms with Crippen LogP contribution >= 0.6 is 0 Å². The molecule has 85 valence electrons. The van der Waals surface area contributed by atoms with Crippen molar-refractivity contribution in [1.82, 2.24) is 4.90 Å². The van der Waals surface area contributed by atoms with Gasteiger partial charge in [-0.15, -0.1) is 0 Å². The summed E-state index contributed by atoms with van der Waals surface area (Å²) in [5.74, 6) is 0.655. The van der Waals surface area contributed by atoms with Crippen molar-refractivity contribution in [3.8, 4) is 0 Å². The van der Waals surface area contributed by atoms with E-state index in [4.69, 9.17) is 0 Å². The molecule has 1 fully saturated rings. The number of hydrogen-bond donors (Lipinski definition) is 0. The van der Waals surface area contributed by atoms with Gasteiger partial charge in [0.25, 0.3) is 0 Å². The number of likely N-dealkylation sites (tertiary alicyclic amines) is 1. The Morgan fingerprint density at radius 3 is 2.40 bits per heavy atom. The largest absolute Gasteiger partial charge is 0.336 e. The van der Waals surface area contributed by atoms with Gasteiger partial charge in [0.1, 0.15) is 0 Å². The zero-order valence-corrected chi connectivity index (χ0v) is 10.5. The Morgan fingerprint density at radius 1 is 1.47 bits per heavy atom. The Bertz CT molecular complexity index is 192. The molecule has 3 radical (unpaired) electrons. The van der Waals surface area contributed by atoms with E-state index in [1.807, 2.05) is 18.7 Å². The molecule has 0 N–H and O–H groups in total. The van der Waals surface area contributed by atoms with E-state index in [9.17, 15) is 4.79 Å². The Balaban J connectivity index is 0. The van der Waals surface area contributed by atoms with Gasteiger partial charge in [-0.25, -0.2) is 0 Å². The molecule has 2 nitrogen and oxygen atoms in total. The fourth-order valence-corrected chi connectivity index (χ4v) is 1.88. The van der Waals surface area contributed by atoms with Crippen molar-refractivity contribution in [2.45, 2.75) is 46.6 Å². The van der Waals surface area contributed by atoms with Gasteiger partial charge >= 0.3 is 0 Å². The molecule has 1 rings (SSSR count). The van der Waals surface area contributed by atoms with Crippen molar-refractivity contribution in [1.29, 1.82) is 0 Å². The molecule has 0 aromatic heterocycles. The minimum Gasteiger partial charge on any atom is -0.336 e. The van der Waals surface area contributed by atoms with E-state index in [0.29, 0.717) is 12.0 Å². The first-order valence-electron chi connectivity index (χ1n) is 5.60. The van der Waals surface area contributed by atoms with Crippen molar-refractivity contribution in [2.24, 2.45) is 5.92 Å². The van der Waals surface area contributed by atoms with Gasteiger partial charge in [0.15, 0.2) is 0 Å². The summed E-state index contributed by atoms with van der Waals surface area (Å²) in [6.45, 7) is 12.8. The van der Waals surface area contributed by atoms with E-state index in [1.165, 1.54) is 6.08 Å². The van der Waals surface area contributed by atoms with Crippen molar-refractivity contribution >= 4 is 14.3 Å². The monoisotopic (exact) mass is 208 g/mol. The maximum absolute atomic E-state index is 11.3. The van der Waals surface area contributed by atoms with Crippen LogP contribution in [0.3, 0.4) is 0 Å². The van der Waals surface area contributed by atoms with Gasteiger partial charge in [-0.1, -0.05) is 34.3 Å². The summed E-state index contributed by atoms with van der Waals surface area (Å²) >= 11 is 0. The van der Waals surface area contributed by atoms with Crippen molar-refractivity contribution < 1.29 is 4.79 Å². The third-order valence-electron chi connectivity index (χ3n) is 2.53. The first kappa shape index (κ1) is 16.7. The molecule has 0 spiro atoms. The number of carbonyl (C=O) groups excluding carboxylic acids is 1. The normalized spacial score (nSPS) is 19.0. The Hall–Kier alpha value is -0.725. The lowest BCUT2D eigenvalue weighted by Crippen LogP contribution is -2.37. The van der Waals surface area contributed by atoms with E-state index < -0.39 is 0 Å². The van der Waals surface area contributed by atoms with Gasteiger partial charge in [0.2, 0.25) is 5.91 Å². The van der Waals surface area contributed by atoms with Crippen molar-refractivity contribution in [3.63, 3.8) is 0 Å². The minimum atomic E-state index is 0. The summed E-state index contributed by atoms with van der Waals surface area (Å²) in [4.78, 5) is 13.3. The number of carbonyl (C=O) groups is 1. The number of rotatable bonds is 2. The number of nitrogens with zero attached hydrogens (tertiary/aromatic N) is 1. The smallest absolute Gasteiger partial charge is 0.246 e. The second kappa shape index (κ2) is 8.57. The van der Waals surface area contributed by atoms with Crippen LogP contribution in [-0.2, 0) is 4.79 Å². The molecule has 1 aliphatic rings. The first-order valence-corrected chi connectivity index (χ1v) is 5.60. The van der Waals surface area contributed by atoms with E-state index in [-0.39, 0.29) is 14.3 Å². The van der Waals surface area contributed by atoms with Gasteiger partial charge in [0, 0.05) is 21.0 Å². The summed E-state index contributed by atoms with van der Waals surface area (Å²) in [5.41, 5.74) is 0. The van der Waals surface area contributed by atoms with Gasteiger partial charge < -0.3 is 4.90 Å². The summed E-state index contributed by atoms with van der Waals surface area (Å²) in [6, 6.07) is 0.440. The van der Waals surface area contributed by atoms with Crippen LogP contribution in [0.4, 0.5) is 0 Å². The molecule has 1 unspecified atom stereocenters. The molecule has 1 heterocycles. The van der Waals surface area contributed by atoms with Crippen LogP contribution in [0.5, 0.6) is 0 Å². The molecule has 0 aliphatic carbocycles. The molecule has 0 bridgehead atoms. The molecule has 15 heavy (non-hydrogen) atoms. The van der Waals surface area contributed by atoms with Gasteiger partial charge in [-0.3, -0.25) is 4.79 Å². The summed E-state index contributed by atoms with van der Waals surface area (Å²) in [7, 11) is 0. The van der Waals surface area contributed by atoms with Gasteiger partial charge in [-0.05, 0) is 24.8 Å². The molecule has 0 aromatic rings. The van der Waals surface area contributed by atoms with Crippen LogP contribution in [0.2, 0.25) is 0 Å². The third-order valence-corrected chi connectivity index (χ3v) is 2.53. The van der Waals surface area contributed by atoms with E-state index >= 15 is 0 Å². The fourth-order valence-electron chi connectivity index (χ4n) is 1.88. The zero-order valence-electron chi connectivity index (χ0n) is 10.5. The molecule has 1 atom stereocenters. The first-order chi connectivity index (χ1) is 6.66. The molecule has 1 aliphatic heterocycles. The number of amides is 1. The van der Waals surface area contributed by atoms with Gasteiger partial charge in [-0.2, -0.15) is 0 Å². The maximum atomic E-state index is 11.3. The lowest BCUT2D eigenvalue weighted by atomic mass is 10.0. The second-order valence-corrected chi connectivity index (χ2v) is 3.69. The highest BCUT2D eigenvalue weighted by atomic mass is 16.2. The fraction of sp³-hybridized carbons (Fsp3) is 0.750. The SMILES string of the molecule is C=CC(=O)N1CCCC1C(C)C.CC.[B]. The van der Waals surface area contributed by atoms with Crippen molar-refractivity contribution in [2.75, 3.05) is 6.54 Å². The molecular formula is C12H23BNO. The summed E-state index contributed by atoms with van der Waals surface area (Å²) < 4.78 is 0. The predicted molar refractivity (Wildman–Crippen MR) is 66.9 cm³/mol. The van der Waals surface area contributed by atoms with Crippen LogP contribution in [0.25, 0.3) is 0 Å². The zero-order chi connectivity index (χ0) is 11.1. The topological polar surface area (TPSA) is 20.3 Å². The third kappa shape index (κ3) is 4.54. The highest BCUT2D eigenvalue weighted by molar-refractivity contribution is 5.87. The number of hydrogen-bond acceptors (Lipinski definition) is 1. The van der Waals surface area contributed by atoms with Crippen LogP contribution in [0.1, 0.15) is 40.5 Å². The molecule has 1 amide bonds. The van der Waals surface area contributed by atoms with E-state index in [1.54, 1.807) is 0 Å². The van der Waals surface area contributed by atoms with Crippen molar-refractivity contribution in [3.05, 3.63) is 12.7 Å². The maximum Gasteiger partial charge on any atom is 0.246 e. The Labute approximate surface area is 96.3 Å². The molecule has 1 saturated heterocycles. The Kier molecular flexibility index (Phi) is 9.54.